The molecular weight excluding hydrogens is 256 g/mol. The van der Waals surface area contributed by atoms with Crippen molar-refractivity contribution in [1.82, 2.24) is 10.2 Å². The number of carbonyl (C=O) groups excluding carboxylic acids is 1. The molecule has 1 unspecified atom stereocenters. The van der Waals surface area contributed by atoms with Gasteiger partial charge in [-0.1, -0.05) is 26.2 Å². The van der Waals surface area contributed by atoms with Crippen molar-refractivity contribution in [2.24, 2.45) is 0 Å². The largest absolute Gasteiger partial charge is 0.382 e. The van der Waals surface area contributed by atoms with E-state index in [1.165, 1.54) is 0 Å². The van der Waals surface area contributed by atoms with Crippen LogP contribution >= 0.6 is 0 Å². The molecule has 1 N–H and O–H groups in total. The molecule has 1 heterocycles. The number of ether oxygens (including phenoxy) is 2. The number of hydrogen-bond acceptors (Lipinski definition) is 4. The van der Waals surface area contributed by atoms with Crippen LogP contribution in [0.2, 0.25) is 0 Å². The maximum absolute atomic E-state index is 12.7. The summed E-state index contributed by atoms with van der Waals surface area (Å²) < 4.78 is 10.5. The van der Waals surface area contributed by atoms with Crippen LogP contribution in [-0.4, -0.2) is 56.0 Å². The van der Waals surface area contributed by atoms with E-state index in [-0.39, 0.29) is 11.7 Å². The number of nitrogens with one attached hydrogen (secondary N) is 1. The van der Waals surface area contributed by atoms with Crippen molar-refractivity contribution in [3.63, 3.8) is 0 Å². The highest BCUT2D eigenvalue weighted by molar-refractivity contribution is 5.89. The number of carbonyl (C=O) groups is 1. The Hall–Kier alpha value is -0.650. The number of rotatable bonds is 8. The molecule has 2 aliphatic rings. The second-order valence-corrected chi connectivity index (χ2v) is 5.84. The number of methoxy groups -OCH3 is 1. The molecule has 1 spiro atoms. The third kappa shape index (κ3) is 3.32. The highest BCUT2D eigenvalue weighted by Crippen LogP contribution is 2.37. The molecule has 1 amide bonds. The van der Waals surface area contributed by atoms with Gasteiger partial charge in [0.2, 0.25) is 5.91 Å². The Bertz CT molecular complexity index is 316. The summed E-state index contributed by atoms with van der Waals surface area (Å²) in [6, 6.07) is 0. The van der Waals surface area contributed by atoms with Gasteiger partial charge in [-0.3, -0.25) is 10.1 Å². The second-order valence-electron chi connectivity index (χ2n) is 5.84. The van der Waals surface area contributed by atoms with Gasteiger partial charge in [0.15, 0.2) is 0 Å². The molecule has 2 rings (SSSR count). The first kappa shape index (κ1) is 15.7. The van der Waals surface area contributed by atoms with Gasteiger partial charge in [-0.05, 0) is 19.3 Å². The van der Waals surface area contributed by atoms with Crippen LogP contribution in [0.1, 0.15) is 45.4 Å². The maximum atomic E-state index is 12.7. The van der Waals surface area contributed by atoms with E-state index in [4.69, 9.17) is 9.47 Å². The van der Waals surface area contributed by atoms with Crippen LogP contribution in [0, 0.1) is 0 Å². The molecule has 1 aliphatic heterocycles. The number of amides is 1. The quantitative estimate of drug-likeness (QED) is 0.687. The minimum Gasteiger partial charge on any atom is -0.382 e. The zero-order chi connectivity index (χ0) is 14.4. The Morgan fingerprint density at radius 2 is 2.05 bits per heavy atom. The van der Waals surface area contributed by atoms with Crippen LogP contribution in [0.15, 0.2) is 0 Å². The molecule has 1 aliphatic carbocycles. The second kappa shape index (κ2) is 7.38. The summed E-state index contributed by atoms with van der Waals surface area (Å²) in [4.78, 5) is 14.7. The van der Waals surface area contributed by atoms with Gasteiger partial charge >= 0.3 is 0 Å². The van der Waals surface area contributed by atoms with E-state index in [9.17, 15) is 4.79 Å². The first-order chi connectivity index (χ1) is 9.73. The van der Waals surface area contributed by atoms with Gasteiger partial charge < -0.3 is 14.4 Å². The van der Waals surface area contributed by atoms with Crippen LogP contribution in [-0.2, 0) is 14.3 Å². The highest BCUT2D eigenvalue weighted by Gasteiger charge is 2.51. The Balaban J connectivity index is 1.88. The summed E-state index contributed by atoms with van der Waals surface area (Å²) >= 11 is 0. The van der Waals surface area contributed by atoms with Crippen molar-refractivity contribution in [1.29, 1.82) is 0 Å². The molecule has 0 aromatic rings. The summed E-state index contributed by atoms with van der Waals surface area (Å²) in [6.07, 6.45) is 6.61. The summed E-state index contributed by atoms with van der Waals surface area (Å²) in [5.41, 5.74) is -0.258. The lowest BCUT2D eigenvalue weighted by atomic mass is 9.98. The lowest BCUT2D eigenvalue weighted by Gasteiger charge is -2.23. The van der Waals surface area contributed by atoms with Crippen molar-refractivity contribution in [2.45, 2.75) is 57.2 Å². The van der Waals surface area contributed by atoms with Crippen LogP contribution in [0.25, 0.3) is 0 Å². The molecule has 116 valence electrons. The zero-order valence-electron chi connectivity index (χ0n) is 12.8. The summed E-state index contributed by atoms with van der Waals surface area (Å²) in [5, 5.41) is 3.62. The van der Waals surface area contributed by atoms with Gasteiger partial charge in [0.05, 0.1) is 31.5 Å². The van der Waals surface area contributed by atoms with Crippen molar-refractivity contribution in [2.75, 3.05) is 33.5 Å². The van der Waals surface area contributed by atoms with Gasteiger partial charge in [0.1, 0.15) is 0 Å². The predicted molar refractivity (Wildman–Crippen MR) is 77.4 cm³/mol. The fourth-order valence-corrected chi connectivity index (χ4v) is 3.38. The van der Waals surface area contributed by atoms with E-state index in [0.29, 0.717) is 32.3 Å². The molecule has 1 atom stereocenters. The van der Waals surface area contributed by atoms with Gasteiger partial charge in [0, 0.05) is 13.7 Å². The van der Waals surface area contributed by atoms with Crippen molar-refractivity contribution >= 4 is 5.91 Å². The van der Waals surface area contributed by atoms with Gasteiger partial charge in [-0.25, -0.2) is 0 Å². The first-order valence-electron chi connectivity index (χ1n) is 7.89. The van der Waals surface area contributed by atoms with Gasteiger partial charge in [-0.15, -0.1) is 0 Å². The molecule has 1 saturated heterocycles. The van der Waals surface area contributed by atoms with Gasteiger partial charge in [-0.2, -0.15) is 0 Å². The van der Waals surface area contributed by atoms with Crippen LogP contribution in [0.4, 0.5) is 0 Å². The fraction of sp³-hybridized carbons (Fsp3) is 0.933. The van der Waals surface area contributed by atoms with Crippen molar-refractivity contribution in [3.8, 4) is 0 Å². The van der Waals surface area contributed by atoms with E-state index < -0.39 is 0 Å². The molecule has 1 saturated carbocycles. The van der Waals surface area contributed by atoms with E-state index in [1.807, 2.05) is 4.90 Å². The molecule has 5 nitrogen and oxygen atoms in total. The molecular formula is C15H28N2O3. The Labute approximate surface area is 122 Å². The topological polar surface area (TPSA) is 50.8 Å². The Morgan fingerprint density at radius 3 is 2.70 bits per heavy atom. The fourth-order valence-electron chi connectivity index (χ4n) is 3.38. The summed E-state index contributed by atoms with van der Waals surface area (Å²) in [6.45, 7) is 4.64. The smallest absolute Gasteiger partial charge is 0.244 e. The first-order valence-corrected chi connectivity index (χ1v) is 7.89. The third-order valence-electron chi connectivity index (χ3n) is 4.42. The van der Waals surface area contributed by atoms with Crippen molar-refractivity contribution in [3.05, 3.63) is 0 Å². The normalized spacial score (nSPS) is 25.0. The maximum Gasteiger partial charge on any atom is 0.244 e. The molecule has 0 bridgehead atoms. The number of hydrogen-bond donors (Lipinski definition) is 1. The van der Waals surface area contributed by atoms with Gasteiger partial charge in [0.25, 0.3) is 0 Å². The van der Waals surface area contributed by atoms with E-state index in [1.54, 1.807) is 7.11 Å². The van der Waals surface area contributed by atoms with Crippen LogP contribution < -0.4 is 5.32 Å². The average molecular weight is 284 g/mol. The van der Waals surface area contributed by atoms with Crippen molar-refractivity contribution < 1.29 is 14.3 Å². The monoisotopic (exact) mass is 284 g/mol. The Morgan fingerprint density at radius 1 is 1.30 bits per heavy atom. The lowest BCUT2D eigenvalue weighted by Crippen LogP contribution is -2.44. The number of nitrogens with zero attached hydrogens (tertiary/aromatic N) is 1. The lowest BCUT2D eigenvalue weighted by molar-refractivity contribution is -0.134. The average Bonchev–Trinajstić information content (AvgIpc) is 3.00. The molecule has 0 radical (unpaired) electrons. The van der Waals surface area contributed by atoms with E-state index in [0.717, 1.165) is 38.5 Å². The summed E-state index contributed by atoms with van der Waals surface area (Å²) in [5.74, 6) is 0.295. The molecule has 0 aromatic carbocycles. The third-order valence-corrected chi connectivity index (χ3v) is 4.42. The predicted octanol–water partition coefficient (Wildman–Crippen LogP) is 1.52. The Kier molecular flexibility index (Phi) is 5.81. The SMILES string of the molecule is CCCC1NC2(CCCC2)C(=O)N1CCOCCOC. The standard InChI is InChI=1S/C15H28N2O3/c1-3-6-13-16-15(7-4-5-8-15)14(18)17(13)9-10-20-12-11-19-2/h13,16H,3-12H2,1-2H3. The van der Waals surface area contributed by atoms with Crippen LogP contribution in [0.3, 0.4) is 0 Å². The summed E-state index contributed by atoms with van der Waals surface area (Å²) in [7, 11) is 1.67. The minimum atomic E-state index is -0.258. The molecule has 2 fully saturated rings. The molecule has 0 aromatic heterocycles. The zero-order valence-corrected chi connectivity index (χ0v) is 12.8. The van der Waals surface area contributed by atoms with Crippen LogP contribution in [0.5, 0.6) is 0 Å². The molecule has 20 heavy (non-hydrogen) atoms. The van der Waals surface area contributed by atoms with E-state index in [2.05, 4.69) is 12.2 Å². The highest BCUT2D eigenvalue weighted by atomic mass is 16.5. The minimum absolute atomic E-state index is 0.191. The van der Waals surface area contributed by atoms with E-state index >= 15 is 0 Å². The molecule has 5 heteroatoms.